The van der Waals surface area contributed by atoms with Crippen LogP contribution in [0.1, 0.15) is 37.4 Å². The molecule has 1 aromatic rings. The van der Waals surface area contributed by atoms with Crippen LogP contribution in [0.4, 0.5) is 0 Å². The molecule has 2 atom stereocenters. The topological polar surface area (TPSA) is 12.0 Å². The normalized spacial score (nSPS) is 21.3. The molecule has 0 aliphatic carbocycles. The Labute approximate surface area is 126 Å². The van der Waals surface area contributed by atoms with E-state index >= 15 is 0 Å². The third-order valence-corrected chi connectivity index (χ3v) is 6.52. The monoisotopic (exact) mass is 295 g/mol. The minimum Gasteiger partial charge on any atom is -0.309 e. The van der Waals surface area contributed by atoms with E-state index in [4.69, 9.17) is 0 Å². The van der Waals surface area contributed by atoms with E-state index in [0.29, 0.717) is 6.04 Å². The van der Waals surface area contributed by atoms with Gasteiger partial charge in [0.1, 0.15) is 0 Å². The number of benzene rings is 1. The number of nitrogens with one attached hydrogen (secondary N) is 1. The number of thioether (sulfide) groups is 2. The van der Waals surface area contributed by atoms with Crippen LogP contribution in [-0.4, -0.2) is 29.1 Å². The molecule has 0 saturated carbocycles. The first-order chi connectivity index (χ1) is 9.33. The minimum atomic E-state index is 0.512. The SMILES string of the molecule is CCc1ccc(C(CC)NCC2CSCCS2)cc1. The lowest BCUT2D eigenvalue weighted by Crippen LogP contribution is -2.31. The molecular formula is C16H25NS2. The highest BCUT2D eigenvalue weighted by Gasteiger charge is 2.16. The predicted molar refractivity (Wildman–Crippen MR) is 90.4 cm³/mol. The van der Waals surface area contributed by atoms with Crippen LogP contribution in [0.3, 0.4) is 0 Å². The Balaban J connectivity index is 1.87. The van der Waals surface area contributed by atoms with Crippen molar-refractivity contribution in [3.63, 3.8) is 0 Å². The van der Waals surface area contributed by atoms with Gasteiger partial charge in [-0.15, -0.1) is 0 Å². The zero-order valence-corrected chi connectivity index (χ0v) is 13.7. The number of aryl methyl sites for hydroxylation is 1. The van der Waals surface area contributed by atoms with Gasteiger partial charge in [0.2, 0.25) is 0 Å². The average molecular weight is 296 g/mol. The second kappa shape index (κ2) is 8.23. The van der Waals surface area contributed by atoms with E-state index in [0.717, 1.165) is 24.6 Å². The van der Waals surface area contributed by atoms with Crippen molar-refractivity contribution in [3.8, 4) is 0 Å². The van der Waals surface area contributed by atoms with Gasteiger partial charge in [0.25, 0.3) is 0 Å². The average Bonchev–Trinajstić information content (AvgIpc) is 2.49. The predicted octanol–water partition coefficient (Wildman–Crippen LogP) is 4.14. The summed E-state index contributed by atoms with van der Waals surface area (Å²) in [6.45, 7) is 5.63. The Hall–Kier alpha value is -0.120. The molecule has 1 aliphatic heterocycles. The molecule has 0 radical (unpaired) electrons. The highest BCUT2D eigenvalue weighted by Crippen LogP contribution is 2.25. The molecule has 1 saturated heterocycles. The molecule has 1 aromatic carbocycles. The summed E-state index contributed by atoms with van der Waals surface area (Å²) < 4.78 is 0. The summed E-state index contributed by atoms with van der Waals surface area (Å²) >= 11 is 4.24. The van der Waals surface area contributed by atoms with Gasteiger partial charge in [-0.2, -0.15) is 23.5 Å². The Kier molecular flexibility index (Phi) is 6.62. The van der Waals surface area contributed by atoms with Crippen molar-refractivity contribution in [2.24, 2.45) is 0 Å². The van der Waals surface area contributed by atoms with E-state index < -0.39 is 0 Å². The maximum absolute atomic E-state index is 3.76. The minimum absolute atomic E-state index is 0.512. The Morgan fingerprint density at radius 3 is 2.58 bits per heavy atom. The number of hydrogen-bond donors (Lipinski definition) is 1. The van der Waals surface area contributed by atoms with Crippen LogP contribution in [0.25, 0.3) is 0 Å². The first kappa shape index (κ1) is 15.3. The summed E-state index contributed by atoms with van der Waals surface area (Å²) in [4.78, 5) is 0. The van der Waals surface area contributed by atoms with E-state index in [1.807, 2.05) is 0 Å². The van der Waals surface area contributed by atoms with E-state index in [-0.39, 0.29) is 0 Å². The zero-order chi connectivity index (χ0) is 13.5. The van der Waals surface area contributed by atoms with Crippen LogP contribution in [0.15, 0.2) is 24.3 Å². The van der Waals surface area contributed by atoms with Crippen LogP contribution in [-0.2, 0) is 6.42 Å². The van der Waals surface area contributed by atoms with Gasteiger partial charge in [0.15, 0.2) is 0 Å². The Bertz CT molecular complexity index is 358. The van der Waals surface area contributed by atoms with Crippen molar-refractivity contribution in [2.75, 3.05) is 23.8 Å². The smallest absolute Gasteiger partial charge is 0.0318 e. The lowest BCUT2D eigenvalue weighted by Gasteiger charge is -2.25. The number of rotatable bonds is 6. The van der Waals surface area contributed by atoms with Crippen molar-refractivity contribution in [1.29, 1.82) is 0 Å². The number of hydrogen-bond acceptors (Lipinski definition) is 3. The highest BCUT2D eigenvalue weighted by molar-refractivity contribution is 8.06. The maximum atomic E-state index is 3.76. The first-order valence-electron chi connectivity index (χ1n) is 7.35. The fraction of sp³-hybridized carbons (Fsp3) is 0.625. The third kappa shape index (κ3) is 4.73. The van der Waals surface area contributed by atoms with Crippen molar-refractivity contribution in [3.05, 3.63) is 35.4 Å². The fourth-order valence-corrected chi connectivity index (χ4v) is 5.04. The summed E-state index contributed by atoms with van der Waals surface area (Å²) in [6, 6.07) is 9.64. The van der Waals surface area contributed by atoms with E-state index in [1.54, 1.807) is 0 Å². The van der Waals surface area contributed by atoms with Crippen molar-refractivity contribution in [2.45, 2.75) is 38.0 Å². The quantitative estimate of drug-likeness (QED) is 0.847. The molecule has 2 unspecified atom stereocenters. The first-order valence-corrected chi connectivity index (χ1v) is 9.55. The zero-order valence-electron chi connectivity index (χ0n) is 12.0. The third-order valence-electron chi connectivity index (χ3n) is 3.68. The maximum Gasteiger partial charge on any atom is 0.0318 e. The fourth-order valence-electron chi connectivity index (χ4n) is 2.41. The molecular weight excluding hydrogens is 270 g/mol. The van der Waals surface area contributed by atoms with Gasteiger partial charge in [-0.3, -0.25) is 0 Å². The van der Waals surface area contributed by atoms with Gasteiger partial charge in [-0.05, 0) is 24.0 Å². The summed E-state index contributed by atoms with van der Waals surface area (Å²) in [6.07, 6.45) is 2.29. The molecule has 106 valence electrons. The van der Waals surface area contributed by atoms with Gasteiger partial charge < -0.3 is 5.32 Å². The van der Waals surface area contributed by atoms with Crippen molar-refractivity contribution < 1.29 is 0 Å². The molecule has 3 heteroatoms. The summed E-state index contributed by atoms with van der Waals surface area (Å²) in [5.41, 5.74) is 2.87. The Morgan fingerprint density at radius 2 is 2.00 bits per heavy atom. The molecule has 1 fully saturated rings. The molecule has 1 nitrogen and oxygen atoms in total. The van der Waals surface area contributed by atoms with Crippen LogP contribution >= 0.6 is 23.5 Å². The molecule has 1 heterocycles. The van der Waals surface area contributed by atoms with Crippen LogP contribution in [0.5, 0.6) is 0 Å². The lowest BCUT2D eigenvalue weighted by molar-refractivity contribution is 0.523. The molecule has 2 rings (SSSR count). The Morgan fingerprint density at radius 1 is 1.21 bits per heavy atom. The van der Waals surface area contributed by atoms with Gasteiger partial charge >= 0.3 is 0 Å². The van der Waals surface area contributed by atoms with Crippen molar-refractivity contribution >= 4 is 23.5 Å². The van der Waals surface area contributed by atoms with Crippen LogP contribution in [0.2, 0.25) is 0 Å². The second-order valence-electron chi connectivity index (χ2n) is 5.03. The van der Waals surface area contributed by atoms with E-state index in [9.17, 15) is 0 Å². The van der Waals surface area contributed by atoms with E-state index in [1.165, 1.54) is 28.4 Å². The summed E-state index contributed by atoms with van der Waals surface area (Å²) in [5, 5.41) is 4.55. The van der Waals surface area contributed by atoms with Gasteiger partial charge in [-0.1, -0.05) is 38.1 Å². The molecule has 1 N–H and O–H groups in total. The van der Waals surface area contributed by atoms with Crippen LogP contribution in [0, 0.1) is 0 Å². The molecule has 0 aromatic heterocycles. The summed E-state index contributed by atoms with van der Waals surface area (Å²) in [5.74, 6) is 3.96. The second-order valence-corrected chi connectivity index (χ2v) is 7.59. The molecule has 19 heavy (non-hydrogen) atoms. The van der Waals surface area contributed by atoms with Crippen LogP contribution < -0.4 is 5.32 Å². The largest absolute Gasteiger partial charge is 0.309 e. The van der Waals surface area contributed by atoms with Gasteiger partial charge in [0, 0.05) is 35.1 Å². The van der Waals surface area contributed by atoms with Gasteiger partial charge in [-0.25, -0.2) is 0 Å². The standard InChI is InChI=1S/C16H25NS2/c1-3-13-5-7-14(8-6-13)16(4-2)17-11-15-12-18-9-10-19-15/h5-8,15-17H,3-4,9-12H2,1-2H3. The molecule has 0 bridgehead atoms. The van der Waals surface area contributed by atoms with Gasteiger partial charge in [0.05, 0.1) is 0 Å². The highest BCUT2D eigenvalue weighted by atomic mass is 32.2. The summed E-state index contributed by atoms with van der Waals surface area (Å²) in [7, 11) is 0. The molecule has 1 aliphatic rings. The van der Waals surface area contributed by atoms with E-state index in [2.05, 4.69) is 67.0 Å². The lowest BCUT2D eigenvalue weighted by atomic mass is 10.0. The molecule has 0 spiro atoms. The van der Waals surface area contributed by atoms with Crippen molar-refractivity contribution in [1.82, 2.24) is 5.32 Å². The molecule has 0 amide bonds.